The van der Waals surface area contributed by atoms with Gasteiger partial charge in [0.15, 0.2) is 0 Å². The summed E-state index contributed by atoms with van der Waals surface area (Å²) in [6.07, 6.45) is 5.06. The van der Waals surface area contributed by atoms with Gasteiger partial charge in [-0.25, -0.2) is 4.79 Å². The standard InChI is InChI=1S/C27H28N4O4/c1-15(17-6-7-17)34-27(33)29-19-10-8-18(9-11-19)25-24(26-28-16(2)35-30-26)22-13-12-21(32)14-23(22)31(25)20-4-3-5-20/h8-15,17,20,32H,3-7H2,1-2H3,(H,29,33). The summed E-state index contributed by atoms with van der Waals surface area (Å²) >= 11 is 0. The largest absolute Gasteiger partial charge is 0.508 e. The number of rotatable bonds is 6. The van der Waals surface area contributed by atoms with Crippen molar-refractivity contribution < 1.29 is 19.2 Å². The van der Waals surface area contributed by atoms with Gasteiger partial charge in [-0.05, 0) is 74.8 Å². The highest BCUT2D eigenvalue weighted by atomic mass is 16.6. The fourth-order valence-electron chi connectivity index (χ4n) is 4.92. The Bertz CT molecular complexity index is 1400. The molecule has 2 fully saturated rings. The average Bonchev–Trinajstić information content (AvgIpc) is 3.50. The Labute approximate surface area is 202 Å². The maximum Gasteiger partial charge on any atom is 0.411 e. The van der Waals surface area contributed by atoms with Crippen LogP contribution in [-0.4, -0.2) is 32.0 Å². The number of aromatic hydroxyl groups is 1. The summed E-state index contributed by atoms with van der Waals surface area (Å²) in [6, 6.07) is 13.5. The van der Waals surface area contributed by atoms with Gasteiger partial charge in [0, 0.05) is 30.1 Å². The van der Waals surface area contributed by atoms with Gasteiger partial charge in [0.2, 0.25) is 11.7 Å². The van der Waals surface area contributed by atoms with Crippen LogP contribution in [0.2, 0.25) is 0 Å². The van der Waals surface area contributed by atoms with Gasteiger partial charge in [-0.2, -0.15) is 4.98 Å². The van der Waals surface area contributed by atoms with Gasteiger partial charge in [0.1, 0.15) is 11.9 Å². The van der Waals surface area contributed by atoms with Gasteiger partial charge in [0.05, 0.1) is 16.8 Å². The second kappa shape index (κ2) is 8.45. The summed E-state index contributed by atoms with van der Waals surface area (Å²) in [4.78, 5) is 16.8. The number of aryl methyl sites for hydroxylation is 1. The Morgan fingerprint density at radius 3 is 2.57 bits per heavy atom. The first-order valence-electron chi connectivity index (χ1n) is 12.2. The van der Waals surface area contributed by atoms with Crippen molar-refractivity contribution in [2.75, 3.05) is 5.32 Å². The van der Waals surface area contributed by atoms with E-state index >= 15 is 0 Å². The van der Waals surface area contributed by atoms with E-state index in [1.807, 2.05) is 37.3 Å². The molecule has 2 aromatic heterocycles. The fourth-order valence-corrected chi connectivity index (χ4v) is 4.92. The highest BCUT2D eigenvalue weighted by molar-refractivity contribution is 6.03. The number of carbonyl (C=O) groups is 1. The zero-order valence-corrected chi connectivity index (χ0v) is 19.8. The Morgan fingerprint density at radius 1 is 1.17 bits per heavy atom. The monoisotopic (exact) mass is 472 g/mol. The van der Waals surface area contributed by atoms with Crippen LogP contribution in [0.5, 0.6) is 5.75 Å². The molecule has 8 nitrogen and oxygen atoms in total. The number of phenolic OH excluding ortho intramolecular Hbond substituents is 1. The SMILES string of the molecule is Cc1nc(-c2c(-c3ccc(NC(=O)OC(C)C4CC4)cc3)n(C3CCC3)c3cc(O)ccc23)no1. The summed E-state index contributed by atoms with van der Waals surface area (Å²) in [6.45, 7) is 3.72. The minimum atomic E-state index is -0.431. The molecule has 0 radical (unpaired) electrons. The smallest absolute Gasteiger partial charge is 0.411 e. The normalized spacial score (nSPS) is 16.7. The molecule has 1 amide bonds. The van der Waals surface area contributed by atoms with E-state index in [0.29, 0.717) is 29.4 Å². The van der Waals surface area contributed by atoms with Gasteiger partial charge < -0.3 is 18.9 Å². The van der Waals surface area contributed by atoms with Crippen molar-refractivity contribution in [2.24, 2.45) is 5.92 Å². The zero-order chi connectivity index (χ0) is 24.1. The van der Waals surface area contributed by atoms with Crippen LogP contribution in [0.25, 0.3) is 33.5 Å². The number of fused-ring (bicyclic) bond motifs is 1. The molecule has 2 aromatic carbocycles. The highest BCUT2D eigenvalue weighted by Gasteiger charge is 2.31. The Balaban J connectivity index is 1.41. The Hall–Kier alpha value is -3.81. The summed E-state index contributed by atoms with van der Waals surface area (Å²) in [5.41, 5.74) is 4.44. The molecule has 1 unspecified atom stereocenters. The highest BCUT2D eigenvalue weighted by Crippen LogP contribution is 2.46. The van der Waals surface area contributed by atoms with Crippen LogP contribution in [-0.2, 0) is 4.74 Å². The van der Waals surface area contributed by atoms with Crippen LogP contribution < -0.4 is 5.32 Å². The van der Waals surface area contributed by atoms with Gasteiger partial charge in [-0.3, -0.25) is 5.32 Å². The maximum absolute atomic E-state index is 12.3. The van der Waals surface area contributed by atoms with Gasteiger partial charge >= 0.3 is 6.09 Å². The van der Waals surface area contributed by atoms with Crippen LogP contribution in [0.15, 0.2) is 47.0 Å². The summed E-state index contributed by atoms with van der Waals surface area (Å²) < 4.78 is 13.1. The van der Waals surface area contributed by atoms with Crippen molar-refractivity contribution in [1.82, 2.24) is 14.7 Å². The molecule has 4 aromatic rings. The number of hydrogen-bond acceptors (Lipinski definition) is 6. The van der Waals surface area contributed by atoms with Crippen molar-refractivity contribution in [3.05, 3.63) is 48.4 Å². The van der Waals surface area contributed by atoms with E-state index in [-0.39, 0.29) is 11.9 Å². The van der Waals surface area contributed by atoms with Crippen molar-refractivity contribution in [3.63, 3.8) is 0 Å². The number of ether oxygens (including phenoxy) is 1. The van der Waals surface area contributed by atoms with E-state index in [0.717, 1.165) is 53.4 Å². The minimum Gasteiger partial charge on any atom is -0.508 e. The Morgan fingerprint density at radius 2 is 1.94 bits per heavy atom. The van der Waals surface area contributed by atoms with Gasteiger partial charge in [-0.1, -0.05) is 17.3 Å². The first-order valence-corrected chi connectivity index (χ1v) is 12.2. The van der Waals surface area contributed by atoms with E-state index in [4.69, 9.17) is 9.26 Å². The van der Waals surface area contributed by atoms with Crippen molar-refractivity contribution in [1.29, 1.82) is 0 Å². The number of benzene rings is 2. The molecule has 180 valence electrons. The van der Waals surface area contributed by atoms with Crippen molar-refractivity contribution in [2.45, 2.75) is 58.1 Å². The van der Waals surface area contributed by atoms with Gasteiger partial charge in [-0.15, -0.1) is 0 Å². The maximum atomic E-state index is 12.3. The summed E-state index contributed by atoms with van der Waals surface area (Å²) in [5, 5.41) is 18.3. The Kier molecular flexibility index (Phi) is 5.24. The van der Waals surface area contributed by atoms with E-state index in [1.165, 1.54) is 6.42 Å². The average molecular weight is 473 g/mol. The zero-order valence-electron chi connectivity index (χ0n) is 19.8. The third-order valence-electron chi connectivity index (χ3n) is 7.16. The predicted octanol–water partition coefficient (Wildman–Crippen LogP) is 6.44. The number of anilines is 1. The molecule has 6 rings (SSSR count). The topological polar surface area (TPSA) is 102 Å². The summed E-state index contributed by atoms with van der Waals surface area (Å²) in [7, 11) is 0. The molecule has 1 atom stereocenters. The molecule has 8 heteroatoms. The quantitative estimate of drug-likeness (QED) is 0.335. The molecule has 2 N–H and O–H groups in total. The molecule has 2 saturated carbocycles. The van der Waals surface area contributed by atoms with E-state index in [1.54, 1.807) is 19.1 Å². The van der Waals surface area contributed by atoms with Crippen LogP contribution in [0.4, 0.5) is 10.5 Å². The molecule has 0 spiro atoms. The molecule has 0 saturated heterocycles. The van der Waals surface area contributed by atoms with Crippen molar-refractivity contribution in [3.8, 4) is 28.4 Å². The van der Waals surface area contributed by atoms with Crippen LogP contribution in [0.3, 0.4) is 0 Å². The number of amides is 1. The fraction of sp³-hybridized carbons (Fsp3) is 0.370. The molecule has 0 aliphatic heterocycles. The molecular formula is C27H28N4O4. The lowest BCUT2D eigenvalue weighted by atomic mass is 9.92. The number of nitrogens with one attached hydrogen (secondary N) is 1. The number of nitrogens with zero attached hydrogens (tertiary/aromatic N) is 3. The molecule has 2 heterocycles. The third-order valence-corrected chi connectivity index (χ3v) is 7.16. The number of hydrogen-bond donors (Lipinski definition) is 2. The third kappa shape index (κ3) is 4.03. The second-order valence-electron chi connectivity index (χ2n) is 9.67. The minimum absolute atomic E-state index is 0.0650. The van der Waals surface area contributed by atoms with E-state index < -0.39 is 6.09 Å². The van der Waals surface area contributed by atoms with E-state index in [2.05, 4.69) is 20.0 Å². The van der Waals surface area contributed by atoms with Crippen LogP contribution in [0.1, 0.15) is 51.0 Å². The number of carbonyl (C=O) groups excluding carboxylic acids is 1. The van der Waals surface area contributed by atoms with Crippen LogP contribution >= 0.6 is 0 Å². The first kappa shape index (κ1) is 21.7. The van der Waals surface area contributed by atoms with E-state index in [9.17, 15) is 9.90 Å². The molecular weight excluding hydrogens is 444 g/mol. The number of phenols is 1. The molecule has 2 aliphatic carbocycles. The molecule has 2 aliphatic rings. The second-order valence-corrected chi connectivity index (χ2v) is 9.67. The predicted molar refractivity (Wildman–Crippen MR) is 132 cm³/mol. The number of aromatic nitrogens is 3. The lowest BCUT2D eigenvalue weighted by Gasteiger charge is -2.30. The van der Waals surface area contributed by atoms with Gasteiger partial charge in [0.25, 0.3) is 0 Å². The molecule has 35 heavy (non-hydrogen) atoms. The lowest BCUT2D eigenvalue weighted by molar-refractivity contribution is 0.108. The first-order chi connectivity index (χ1) is 17.0. The van der Waals surface area contributed by atoms with Crippen LogP contribution in [0, 0.1) is 12.8 Å². The lowest BCUT2D eigenvalue weighted by Crippen LogP contribution is -2.21. The summed E-state index contributed by atoms with van der Waals surface area (Å²) in [5.74, 6) is 1.72. The molecule has 0 bridgehead atoms. The van der Waals surface area contributed by atoms with Crippen molar-refractivity contribution >= 4 is 22.7 Å².